The van der Waals surface area contributed by atoms with Gasteiger partial charge in [0.05, 0.1) is 18.7 Å². The van der Waals surface area contributed by atoms with Gasteiger partial charge in [0.1, 0.15) is 5.75 Å². The van der Waals surface area contributed by atoms with Gasteiger partial charge in [0, 0.05) is 19.5 Å². The first-order valence-electron chi connectivity index (χ1n) is 8.94. The van der Waals surface area contributed by atoms with E-state index in [0.29, 0.717) is 18.8 Å². The molecule has 3 rings (SSSR count). The molecule has 1 N–H and O–H groups in total. The highest BCUT2D eigenvalue weighted by Crippen LogP contribution is 2.32. The highest BCUT2D eigenvalue weighted by atomic mass is 16.5. The van der Waals surface area contributed by atoms with Gasteiger partial charge in [-0.25, -0.2) is 0 Å². The number of nitrogens with zero attached hydrogens (tertiary/aromatic N) is 1. The Bertz CT molecular complexity index is 761. The van der Waals surface area contributed by atoms with Gasteiger partial charge < -0.3 is 15.0 Å². The lowest BCUT2D eigenvalue weighted by Gasteiger charge is -2.19. The third kappa shape index (κ3) is 4.23. The number of hydrogen-bond donors (Lipinski definition) is 1. The molecule has 0 aromatic heterocycles. The van der Waals surface area contributed by atoms with Gasteiger partial charge in [-0.15, -0.1) is 0 Å². The number of carbonyl (C=O) groups is 2. The number of amides is 2. The van der Waals surface area contributed by atoms with Crippen LogP contribution < -0.4 is 15.0 Å². The van der Waals surface area contributed by atoms with Crippen LogP contribution in [0.2, 0.25) is 0 Å². The molecule has 1 aliphatic rings. The van der Waals surface area contributed by atoms with Crippen LogP contribution in [0, 0.1) is 5.92 Å². The molecule has 0 bridgehead atoms. The normalized spacial score (nSPS) is 16.6. The van der Waals surface area contributed by atoms with E-state index in [1.165, 1.54) is 5.56 Å². The summed E-state index contributed by atoms with van der Waals surface area (Å²) in [4.78, 5) is 26.4. The Labute approximate surface area is 154 Å². The Kier molecular flexibility index (Phi) is 5.89. The van der Waals surface area contributed by atoms with E-state index >= 15 is 0 Å². The first kappa shape index (κ1) is 18.0. The van der Waals surface area contributed by atoms with Crippen LogP contribution in [0.1, 0.15) is 18.4 Å². The topological polar surface area (TPSA) is 58.6 Å². The van der Waals surface area contributed by atoms with Gasteiger partial charge in [0.25, 0.3) is 0 Å². The molecule has 1 heterocycles. The molecule has 2 aromatic rings. The number of anilines is 1. The standard InChI is InChI=1S/C21H24N2O3/c1-26-19-12-6-5-11-18(19)23-15-17(14-20(23)24)21(25)22-13-7-10-16-8-3-2-4-9-16/h2-6,8-9,11-12,17H,7,10,13-15H2,1H3,(H,22,25)/t17-/m1/s1. The van der Waals surface area contributed by atoms with E-state index in [-0.39, 0.29) is 24.2 Å². The summed E-state index contributed by atoms with van der Waals surface area (Å²) in [6.07, 6.45) is 2.05. The van der Waals surface area contributed by atoms with Gasteiger partial charge in [-0.05, 0) is 30.5 Å². The molecule has 1 saturated heterocycles. The van der Waals surface area contributed by atoms with Crippen LogP contribution in [-0.2, 0) is 16.0 Å². The number of hydrogen-bond acceptors (Lipinski definition) is 3. The highest BCUT2D eigenvalue weighted by molar-refractivity contribution is 6.01. The maximum atomic E-state index is 12.4. The van der Waals surface area contributed by atoms with Crippen molar-refractivity contribution in [3.8, 4) is 5.75 Å². The second-order valence-corrected chi connectivity index (χ2v) is 6.46. The van der Waals surface area contributed by atoms with Gasteiger partial charge in [0.2, 0.25) is 11.8 Å². The quantitative estimate of drug-likeness (QED) is 0.780. The first-order chi connectivity index (χ1) is 12.7. The molecule has 2 amide bonds. The number of aryl methyl sites for hydroxylation is 1. The van der Waals surface area contributed by atoms with E-state index in [1.54, 1.807) is 12.0 Å². The predicted octanol–water partition coefficient (Wildman–Crippen LogP) is 2.80. The molecule has 0 aliphatic carbocycles. The lowest BCUT2D eigenvalue weighted by Crippen LogP contribution is -2.33. The molecule has 0 radical (unpaired) electrons. The summed E-state index contributed by atoms with van der Waals surface area (Å²) >= 11 is 0. The molecule has 0 spiro atoms. The number of para-hydroxylation sites is 2. The van der Waals surface area contributed by atoms with Crippen LogP contribution in [0.15, 0.2) is 54.6 Å². The molecular formula is C21H24N2O3. The van der Waals surface area contributed by atoms with Crippen molar-refractivity contribution in [2.75, 3.05) is 25.1 Å². The summed E-state index contributed by atoms with van der Waals surface area (Å²) in [7, 11) is 1.58. The fraction of sp³-hybridized carbons (Fsp3) is 0.333. The molecule has 0 saturated carbocycles. The van der Waals surface area contributed by atoms with Gasteiger partial charge in [0.15, 0.2) is 0 Å². The molecule has 5 heteroatoms. The minimum absolute atomic E-state index is 0.0427. The van der Waals surface area contributed by atoms with Crippen molar-refractivity contribution in [2.24, 2.45) is 5.92 Å². The van der Waals surface area contributed by atoms with Crippen molar-refractivity contribution in [2.45, 2.75) is 19.3 Å². The lowest BCUT2D eigenvalue weighted by molar-refractivity contribution is -0.126. The largest absolute Gasteiger partial charge is 0.495 e. The zero-order valence-corrected chi connectivity index (χ0v) is 15.0. The minimum atomic E-state index is -0.316. The summed E-state index contributed by atoms with van der Waals surface area (Å²) in [6.45, 7) is 1.01. The van der Waals surface area contributed by atoms with Crippen LogP contribution in [0.5, 0.6) is 5.75 Å². The van der Waals surface area contributed by atoms with E-state index in [9.17, 15) is 9.59 Å². The summed E-state index contributed by atoms with van der Waals surface area (Å²) in [5, 5.41) is 2.97. The van der Waals surface area contributed by atoms with E-state index in [4.69, 9.17) is 4.74 Å². The smallest absolute Gasteiger partial charge is 0.227 e. The molecule has 1 aliphatic heterocycles. The van der Waals surface area contributed by atoms with E-state index in [1.807, 2.05) is 42.5 Å². The van der Waals surface area contributed by atoms with Gasteiger partial charge in [-0.3, -0.25) is 9.59 Å². The molecular weight excluding hydrogens is 328 g/mol. The number of benzene rings is 2. The predicted molar refractivity (Wildman–Crippen MR) is 101 cm³/mol. The molecule has 1 atom stereocenters. The zero-order valence-electron chi connectivity index (χ0n) is 15.0. The maximum absolute atomic E-state index is 12.4. The minimum Gasteiger partial charge on any atom is -0.495 e. The first-order valence-corrected chi connectivity index (χ1v) is 8.94. The molecule has 2 aromatic carbocycles. The second-order valence-electron chi connectivity index (χ2n) is 6.46. The summed E-state index contributed by atoms with van der Waals surface area (Å²) in [5.41, 5.74) is 1.99. The van der Waals surface area contributed by atoms with Crippen molar-refractivity contribution in [3.63, 3.8) is 0 Å². The highest BCUT2D eigenvalue weighted by Gasteiger charge is 2.35. The molecule has 1 fully saturated rings. The molecule has 26 heavy (non-hydrogen) atoms. The summed E-state index contributed by atoms with van der Waals surface area (Å²) < 4.78 is 5.33. The van der Waals surface area contributed by atoms with Crippen molar-refractivity contribution in [1.82, 2.24) is 5.32 Å². The molecule has 136 valence electrons. The average molecular weight is 352 g/mol. The fourth-order valence-electron chi connectivity index (χ4n) is 3.26. The van der Waals surface area contributed by atoms with Crippen LogP contribution >= 0.6 is 0 Å². The zero-order chi connectivity index (χ0) is 18.4. The van der Waals surface area contributed by atoms with Gasteiger partial charge in [-0.1, -0.05) is 42.5 Å². The third-order valence-corrected chi connectivity index (χ3v) is 4.66. The Hall–Kier alpha value is -2.82. The van der Waals surface area contributed by atoms with Crippen LogP contribution in [-0.4, -0.2) is 32.0 Å². The Morgan fingerprint density at radius 3 is 2.65 bits per heavy atom. The summed E-state index contributed by atoms with van der Waals surface area (Å²) in [5.74, 6) is 0.233. The second kappa shape index (κ2) is 8.52. The molecule has 5 nitrogen and oxygen atoms in total. The van der Waals surface area contributed by atoms with Crippen LogP contribution in [0.25, 0.3) is 0 Å². The Morgan fingerprint density at radius 2 is 1.88 bits per heavy atom. The van der Waals surface area contributed by atoms with Gasteiger partial charge >= 0.3 is 0 Å². The van der Waals surface area contributed by atoms with Crippen LogP contribution in [0.3, 0.4) is 0 Å². The van der Waals surface area contributed by atoms with E-state index in [2.05, 4.69) is 17.4 Å². The molecule has 0 unspecified atom stereocenters. The number of rotatable bonds is 7. The Balaban J connectivity index is 1.51. The van der Waals surface area contributed by atoms with Gasteiger partial charge in [-0.2, -0.15) is 0 Å². The van der Waals surface area contributed by atoms with E-state index in [0.717, 1.165) is 18.5 Å². The number of nitrogens with one attached hydrogen (secondary N) is 1. The van der Waals surface area contributed by atoms with Crippen molar-refractivity contribution < 1.29 is 14.3 Å². The number of carbonyl (C=O) groups excluding carboxylic acids is 2. The van der Waals surface area contributed by atoms with E-state index < -0.39 is 0 Å². The number of ether oxygens (including phenoxy) is 1. The van der Waals surface area contributed by atoms with Crippen LogP contribution in [0.4, 0.5) is 5.69 Å². The maximum Gasteiger partial charge on any atom is 0.227 e. The number of methoxy groups -OCH3 is 1. The Morgan fingerprint density at radius 1 is 1.15 bits per heavy atom. The summed E-state index contributed by atoms with van der Waals surface area (Å²) in [6, 6.07) is 17.6. The monoisotopic (exact) mass is 352 g/mol. The SMILES string of the molecule is COc1ccccc1N1C[C@H](C(=O)NCCCc2ccccc2)CC1=O. The van der Waals surface area contributed by atoms with Crippen molar-refractivity contribution >= 4 is 17.5 Å². The van der Waals surface area contributed by atoms with Crippen molar-refractivity contribution in [3.05, 3.63) is 60.2 Å². The van der Waals surface area contributed by atoms with Crippen molar-refractivity contribution in [1.29, 1.82) is 0 Å². The third-order valence-electron chi connectivity index (χ3n) is 4.66. The average Bonchev–Trinajstić information content (AvgIpc) is 3.07. The lowest BCUT2D eigenvalue weighted by atomic mass is 10.1. The fourth-order valence-corrected chi connectivity index (χ4v) is 3.26.